The second-order valence-electron chi connectivity index (χ2n) is 4.92. The summed E-state index contributed by atoms with van der Waals surface area (Å²) in [6.07, 6.45) is -1.05. The van der Waals surface area contributed by atoms with E-state index in [1.807, 2.05) is 0 Å². The van der Waals surface area contributed by atoms with Crippen LogP contribution >= 0.6 is 11.3 Å². The van der Waals surface area contributed by atoms with Crippen molar-refractivity contribution in [3.63, 3.8) is 0 Å². The van der Waals surface area contributed by atoms with Gasteiger partial charge in [0.15, 0.2) is 6.23 Å². The minimum Gasteiger partial charge on any atom is -0.392 e. The zero-order chi connectivity index (χ0) is 15.1. The molecule has 1 aromatic heterocycles. The molecule has 21 heavy (non-hydrogen) atoms. The zero-order valence-electron chi connectivity index (χ0n) is 11.3. The molecule has 1 aromatic rings. The Morgan fingerprint density at radius 3 is 2.95 bits per heavy atom. The summed E-state index contributed by atoms with van der Waals surface area (Å²) in [6, 6.07) is 0. The predicted molar refractivity (Wildman–Crippen MR) is 73.1 cm³/mol. The lowest BCUT2D eigenvalue weighted by Gasteiger charge is -2.35. The van der Waals surface area contributed by atoms with Gasteiger partial charge in [-0.2, -0.15) is 0 Å². The quantitative estimate of drug-likeness (QED) is 0.768. The molecule has 2 amide bonds. The highest BCUT2D eigenvalue weighted by molar-refractivity contribution is 7.14. The molecule has 2 unspecified atom stereocenters. The number of amides is 2. The summed E-state index contributed by atoms with van der Waals surface area (Å²) in [4.78, 5) is 36.4. The van der Waals surface area contributed by atoms with Crippen molar-refractivity contribution in [1.82, 2.24) is 10.1 Å². The number of β-amino-alcohol motifs (C(OH)–C–C–N with tert-alkyl or cyclic N) is 1. The van der Waals surface area contributed by atoms with Gasteiger partial charge in [-0.1, -0.05) is 5.23 Å². The SMILES string of the molecule is CC(O)CN1OCCC(N2C(=O)c3csc(N)c3C2=O)O1. The van der Waals surface area contributed by atoms with Crippen LogP contribution in [0.2, 0.25) is 0 Å². The van der Waals surface area contributed by atoms with Crippen molar-refractivity contribution in [2.75, 3.05) is 18.9 Å². The highest BCUT2D eigenvalue weighted by Gasteiger charge is 2.44. The standard InChI is InChI=1S/C12H15N3O5S/c1-6(16)4-14-19-3-2-8(20-14)15-11(17)7-5-21-10(13)9(7)12(15)18/h5-6,8,16H,2-4,13H2,1H3. The normalized spacial score (nSPS) is 24.5. The molecule has 8 nitrogen and oxygen atoms in total. The molecule has 0 bridgehead atoms. The molecule has 3 N–H and O–H groups in total. The predicted octanol–water partition coefficient (Wildman–Crippen LogP) is 0.202. The number of hydroxylamine groups is 2. The van der Waals surface area contributed by atoms with Gasteiger partial charge >= 0.3 is 0 Å². The molecule has 2 aliphatic heterocycles. The van der Waals surface area contributed by atoms with Gasteiger partial charge in [-0.05, 0) is 6.92 Å². The van der Waals surface area contributed by atoms with Crippen LogP contribution < -0.4 is 5.73 Å². The van der Waals surface area contributed by atoms with Crippen LogP contribution in [-0.2, 0) is 9.68 Å². The first-order valence-electron chi connectivity index (χ1n) is 6.49. The van der Waals surface area contributed by atoms with Crippen LogP contribution in [-0.4, -0.2) is 52.5 Å². The molecule has 1 saturated heterocycles. The van der Waals surface area contributed by atoms with Crippen molar-refractivity contribution in [2.24, 2.45) is 0 Å². The van der Waals surface area contributed by atoms with E-state index in [-0.39, 0.29) is 18.7 Å². The molecule has 1 fully saturated rings. The monoisotopic (exact) mass is 313 g/mol. The molecule has 2 aliphatic rings. The second kappa shape index (κ2) is 5.35. The number of thiophene rings is 1. The van der Waals surface area contributed by atoms with E-state index < -0.39 is 24.1 Å². The number of carbonyl (C=O) groups excluding carboxylic acids is 2. The van der Waals surface area contributed by atoms with Crippen LogP contribution in [0.5, 0.6) is 0 Å². The van der Waals surface area contributed by atoms with E-state index in [2.05, 4.69) is 0 Å². The van der Waals surface area contributed by atoms with Gasteiger partial charge in [0.05, 0.1) is 35.4 Å². The summed E-state index contributed by atoms with van der Waals surface area (Å²) >= 11 is 1.17. The number of aliphatic hydroxyl groups is 1. The molecule has 3 rings (SSSR count). The molecule has 0 radical (unpaired) electrons. The third-order valence-electron chi connectivity index (χ3n) is 3.24. The summed E-state index contributed by atoms with van der Waals surface area (Å²) in [7, 11) is 0. The average molecular weight is 313 g/mol. The van der Waals surface area contributed by atoms with Gasteiger partial charge in [-0.3, -0.25) is 14.4 Å². The fourth-order valence-corrected chi connectivity index (χ4v) is 3.10. The van der Waals surface area contributed by atoms with Crippen molar-refractivity contribution in [3.8, 4) is 0 Å². The number of anilines is 1. The maximum Gasteiger partial charge on any atom is 0.266 e. The largest absolute Gasteiger partial charge is 0.392 e. The number of aliphatic hydroxyl groups excluding tert-OH is 1. The molecular weight excluding hydrogens is 298 g/mol. The van der Waals surface area contributed by atoms with E-state index >= 15 is 0 Å². The second-order valence-corrected chi connectivity index (χ2v) is 5.83. The molecule has 2 atom stereocenters. The van der Waals surface area contributed by atoms with Crippen LogP contribution in [0.4, 0.5) is 5.00 Å². The van der Waals surface area contributed by atoms with Crippen molar-refractivity contribution >= 4 is 28.2 Å². The molecule has 0 aliphatic carbocycles. The Labute approximate surface area is 124 Å². The topological polar surface area (TPSA) is 105 Å². The lowest BCUT2D eigenvalue weighted by atomic mass is 10.2. The van der Waals surface area contributed by atoms with Gasteiger partial charge in [-0.15, -0.1) is 11.3 Å². The molecule has 114 valence electrons. The number of nitrogens with two attached hydrogens (primary N) is 1. The fraction of sp³-hybridized carbons (Fsp3) is 0.500. The van der Waals surface area contributed by atoms with E-state index in [4.69, 9.17) is 15.4 Å². The van der Waals surface area contributed by atoms with E-state index in [9.17, 15) is 14.7 Å². The Morgan fingerprint density at radius 1 is 1.52 bits per heavy atom. The summed E-state index contributed by atoms with van der Waals surface area (Å²) < 4.78 is 0. The van der Waals surface area contributed by atoms with Crippen LogP contribution in [0.3, 0.4) is 0 Å². The first-order chi connectivity index (χ1) is 9.99. The lowest BCUT2D eigenvalue weighted by molar-refractivity contribution is -0.428. The van der Waals surface area contributed by atoms with Crippen molar-refractivity contribution in [2.45, 2.75) is 25.7 Å². The minimum absolute atomic E-state index is 0.121. The summed E-state index contributed by atoms with van der Waals surface area (Å²) in [5.74, 6) is -0.857. The van der Waals surface area contributed by atoms with Crippen molar-refractivity contribution in [3.05, 3.63) is 16.5 Å². The third kappa shape index (κ3) is 2.43. The number of carbonyl (C=O) groups is 2. The Morgan fingerprint density at radius 2 is 2.29 bits per heavy atom. The van der Waals surface area contributed by atoms with Crippen LogP contribution in [0.25, 0.3) is 0 Å². The van der Waals surface area contributed by atoms with E-state index in [1.165, 1.54) is 11.3 Å². The molecule has 9 heteroatoms. The lowest BCUT2D eigenvalue weighted by Crippen LogP contribution is -2.50. The number of hydrogen-bond donors (Lipinski definition) is 2. The Bertz CT molecular complexity index is 587. The number of fused-ring (bicyclic) bond motifs is 1. The van der Waals surface area contributed by atoms with Gasteiger partial charge in [0.25, 0.3) is 11.8 Å². The highest BCUT2D eigenvalue weighted by Crippen LogP contribution is 2.35. The molecule has 0 spiro atoms. The van der Waals surface area contributed by atoms with Gasteiger partial charge in [-0.25, -0.2) is 9.74 Å². The van der Waals surface area contributed by atoms with Crippen molar-refractivity contribution in [1.29, 1.82) is 0 Å². The van der Waals surface area contributed by atoms with Crippen molar-refractivity contribution < 1.29 is 24.4 Å². The maximum absolute atomic E-state index is 12.4. The summed E-state index contributed by atoms with van der Waals surface area (Å²) in [5.41, 5.74) is 6.31. The molecule has 0 saturated carbocycles. The van der Waals surface area contributed by atoms with Gasteiger partial charge < -0.3 is 10.8 Å². The molecule has 3 heterocycles. The third-order valence-corrected chi connectivity index (χ3v) is 4.05. The molecule has 0 aromatic carbocycles. The highest BCUT2D eigenvalue weighted by atomic mass is 32.1. The number of rotatable bonds is 3. The fourth-order valence-electron chi connectivity index (χ4n) is 2.32. The number of nitrogens with zero attached hydrogens (tertiary/aromatic N) is 2. The smallest absolute Gasteiger partial charge is 0.266 e. The summed E-state index contributed by atoms with van der Waals surface area (Å²) in [6.45, 7) is 1.99. The van der Waals surface area contributed by atoms with E-state index in [0.717, 1.165) is 10.1 Å². The van der Waals surface area contributed by atoms with Gasteiger partial charge in [0.2, 0.25) is 0 Å². The Hall–Kier alpha value is -1.52. The number of hydrogen-bond acceptors (Lipinski definition) is 8. The van der Waals surface area contributed by atoms with E-state index in [0.29, 0.717) is 17.0 Å². The first kappa shape index (κ1) is 14.4. The average Bonchev–Trinajstić information content (AvgIpc) is 2.90. The number of imide groups is 1. The van der Waals surface area contributed by atoms with Crippen LogP contribution in [0, 0.1) is 0 Å². The first-order valence-corrected chi connectivity index (χ1v) is 7.37. The zero-order valence-corrected chi connectivity index (χ0v) is 12.1. The summed E-state index contributed by atoms with van der Waals surface area (Å²) in [5, 5.41) is 12.4. The Kier molecular flexibility index (Phi) is 3.68. The van der Waals surface area contributed by atoms with Crippen LogP contribution in [0.15, 0.2) is 5.38 Å². The maximum atomic E-state index is 12.4. The molecular formula is C12H15N3O5S. The van der Waals surface area contributed by atoms with E-state index in [1.54, 1.807) is 12.3 Å². The number of nitrogen functional groups attached to an aromatic ring is 1. The van der Waals surface area contributed by atoms with Crippen LogP contribution in [0.1, 0.15) is 34.1 Å². The van der Waals surface area contributed by atoms with Gasteiger partial charge in [0.1, 0.15) is 0 Å². The van der Waals surface area contributed by atoms with Gasteiger partial charge in [0, 0.05) is 11.8 Å². The minimum atomic E-state index is -0.755. The Balaban J connectivity index is 1.79.